The molecule has 0 aliphatic carbocycles. The summed E-state index contributed by atoms with van der Waals surface area (Å²) < 4.78 is 50.1. The number of anilines is 2. The van der Waals surface area contributed by atoms with Crippen LogP contribution >= 0.6 is 11.6 Å². The molecule has 0 amide bonds. The van der Waals surface area contributed by atoms with Crippen molar-refractivity contribution in [1.82, 2.24) is 0 Å². The van der Waals surface area contributed by atoms with Crippen molar-refractivity contribution in [3.05, 3.63) is 23.0 Å². The van der Waals surface area contributed by atoms with E-state index in [1.165, 1.54) is 0 Å². The third-order valence-corrected chi connectivity index (χ3v) is 2.44. The van der Waals surface area contributed by atoms with Crippen LogP contribution in [0.4, 0.5) is 28.9 Å². The van der Waals surface area contributed by atoms with Gasteiger partial charge in [0, 0.05) is 12.6 Å². The van der Waals surface area contributed by atoms with Crippen LogP contribution in [0.5, 0.6) is 0 Å². The zero-order chi connectivity index (χ0) is 13.9. The van der Waals surface area contributed by atoms with Crippen molar-refractivity contribution in [2.24, 2.45) is 0 Å². The average molecular weight is 287 g/mol. The lowest BCUT2D eigenvalue weighted by molar-refractivity contribution is -0.119. The molecule has 0 saturated carbocycles. The van der Waals surface area contributed by atoms with E-state index in [1.807, 2.05) is 0 Å². The van der Waals surface area contributed by atoms with Gasteiger partial charge in [-0.3, -0.25) is 0 Å². The molecular formula is C10H11ClF4N2O. The summed E-state index contributed by atoms with van der Waals surface area (Å²) in [5.41, 5.74) is 5.22. The van der Waals surface area contributed by atoms with Crippen LogP contribution in [0.3, 0.4) is 0 Å². The standard InChI is InChI=1S/C10H11ClF4N2O/c11-6-3-9(8(16)4-7(6)12)17(1-2-18)5-10(13,14)15/h3-4,18H,1-2,5,16H2. The Hall–Kier alpha value is -1.21. The molecule has 0 aliphatic rings. The Balaban J connectivity index is 3.09. The van der Waals surface area contributed by atoms with Crippen molar-refractivity contribution in [2.75, 3.05) is 30.3 Å². The minimum atomic E-state index is -4.47. The van der Waals surface area contributed by atoms with Crippen LogP contribution in [0.1, 0.15) is 0 Å². The van der Waals surface area contributed by atoms with Crippen molar-refractivity contribution >= 4 is 23.0 Å². The fourth-order valence-corrected chi connectivity index (χ4v) is 1.61. The number of halogens is 5. The van der Waals surface area contributed by atoms with Gasteiger partial charge in [-0.2, -0.15) is 13.2 Å². The number of aliphatic hydroxyl groups is 1. The zero-order valence-corrected chi connectivity index (χ0v) is 9.89. The second kappa shape index (κ2) is 5.62. The molecule has 8 heteroatoms. The van der Waals surface area contributed by atoms with Crippen LogP contribution in [0.25, 0.3) is 0 Å². The van der Waals surface area contributed by atoms with Crippen LogP contribution in [-0.4, -0.2) is 31.0 Å². The topological polar surface area (TPSA) is 49.5 Å². The highest BCUT2D eigenvalue weighted by Crippen LogP contribution is 2.31. The SMILES string of the molecule is Nc1cc(F)c(Cl)cc1N(CCO)CC(F)(F)F. The molecule has 0 unspecified atom stereocenters. The summed E-state index contributed by atoms with van der Waals surface area (Å²) in [7, 11) is 0. The van der Waals surface area contributed by atoms with Gasteiger partial charge in [0.05, 0.1) is 23.0 Å². The summed E-state index contributed by atoms with van der Waals surface area (Å²) in [6.07, 6.45) is -4.47. The molecule has 0 saturated heterocycles. The van der Waals surface area contributed by atoms with Gasteiger partial charge in [-0.25, -0.2) is 4.39 Å². The van der Waals surface area contributed by atoms with Crippen molar-refractivity contribution in [3.8, 4) is 0 Å². The molecule has 0 aromatic heterocycles. The van der Waals surface area contributed by atoms with Gasteiger partial charge in [-0.15, -0.1) is 0 Å². The summed E-state index contributed by atoms with van der Waals surface area (Å²) >= 11 is 5.50. The molecular weight excluding hydrogens is 276 g/mol. The normalized spacial score (nSPS) is 11.7. The Labute approximate surface area is 106 Å². The van der Waals surface area contributed by atoms with Crippen LogP contribution in [0.15, 0.2) is 12.1 Å². The molecule has 0 bridgehead atoms. The van der Waals surface area contributed by atoms with Gasteiger partial charge in [-0.1, -0.05) is 11.6 Å². The second-order valence-electron chi connectivity index (χ2n) is 3.59. The van der Waals surface area contributed by atoms with Crippen LogP contribution in [-0.2, 0) is 0 Å². The molecule has 0 spiro atoms. The number of rotatable bonds is 4. The second-order valence-corrected chi connectivity index (χ2v) is 3.99. The monoisotopic (exact) mass is 286 g/mol. The first-order chi connectivity index (χ1) is 8.24. The number of hydrogen-bond donors (Lipinski definition) is 2. The van der Waals surface area contributed by atoms with E-state index in [0.29, 0.717) is 0 Å². The fraction of sp³-hybridized carbons (Fsp3) is 0.400. The highest BCUT2D eigenvalue weighted by Gasteiger charge is 2.31. The Morgan fingerprint density at radius 2 is 1.94 bits per heavy atom. The van der Waals surface area contributed by atoms with Gasteiger partial charge in [-0.05, 0) is 6.07 Å². The third kappa shape index (κ3) is 3.92. The van der Waals surface area contributed by atoms with Gasteiger partial charge >= 0.3 is 6.18 Å². The molecule has 0 atom stereocenters. The Morgan fingerprint density at radius 3 is 2.44 bits per heavy atom. The Morgan fingerprint density at radius 1 is 1.33 bits per heavy atom. The van der Waals surface area contributed by atoms with E-state index in [1.54, 1.807) is 0 Å². The van der Waals surface area contributed by atoms with E-state index in [0.717, 1.165) is 17.0 Å². The molecule has 1 rings (SSSR count). The Kier molecular flexibility index (Phi) is 4.64. The van der Waals surface area contributed by atoms with Crippen LogP contribution < -0.4 is 10.6 Å². The summed E-state index contributed by atoms with van der Waals surface area (Å²) in [5.74, 6) is -0.811. The summed E-state index contributed by atoms with van der Waals surface area (Å²) in [6.45, 7) is -2.09. The number of hydrogen-bond acceptors (Lipinski definition) is 3. The number of alkyl halides is 3. The maximum absolute atomic E-state index is 13.0. The third-order valence-electron chi connectivity index (χ3n) is 2.15. The molecule has 0 radical (unpaired) electrons. The molecule has 1 aromatic rings. The summed E-state index contributed by atoms with van der Waals surface area (Å²) in [6, 6.07) is 1.85. The predicted octanol–water partition coefficient (Wildman–Crippen LogP) is 2.42. The number of aliphatic hydroxyl groups excluding tert-OH is 1. The molecule has 3 N–H and O–H groups in total. The highest BCUT2D eigenvalue weighted by molar-refractivity contribution is 6.31. The molecule has 0 heterocycles. The predicted molar refractivity (Wildman–Crippen MR) is 61.2 cm³/mol. The van der Waals surface area contributed by atoms with Gasteiger partial charge < -0.3 is 15.7 Å². The van der Waals surface area contributed by atoms with Gasteiger partial charge in [0.1, 0.15) is 12.4 Å². The highest BCUT2D eigenvalue weighted by atomic mass is 35.5. The molecule has 0 fully saturated rings. The first-order valence-corrected chi connectivity index (χ1v) is 5.29. The molecule has 0 aliphatic heterocycles. The van der Waals surface area contributed by atoms with E-state index in [4.69, 9.17) is 22.4 Å². The molecule has 102 valence electrons. The molecule has 3 nitrogen and oxygen atoms in total. The largest absolute Gasteiger partial charge is 0.405 e. The van der Waals surface area contributed by atoms with Gasteiger partial charge in [0.2, 0.25) is 0 Å². The van der Waals surface area contributed by atoms with E-state index in [-0.39, 0.29) is 22.9 Å². The Bertz CT molecular complexity index is 425. The summed E-state index contributed by atoms with van der Waals surface area (Å²) in [5, 5.41) is 8.42. The molecule has 1 aromatic carbocycles. The lowest BCUT2D eigenvalue weighted by Crippen LogP contribution is -2.36. The number of nitrogen functional groups attached to an aromatic ring is 1. The van der Waals surface area contributed by atoms with E-state index >= 15 is 0 Å². The first-order valence-electron chi connectivity index (χ1n) is 4.91. The van der Waals surface area contributed by atoms with Gasteiger partial charge in [0.15, 0.2) is 0 Å². The minimum absolute atomic E-state index is 0.0622. The number of nitrogens with zero attached hydrogens (tertiary/aromatic N) is 1. The smallest absolute Gasteiger partial charge is 0.397 e. The number of benzene rings is 1. The quantitative estimate of drug-likeness (QED) is 0.660. The summed E-state index contributed by atoms with van der Waals surface area (Å²) in [4.78, 5) is 0.792. The van der Waals surface area contributed by atoms with Crippen LogP contribution in [0, 0.1) is 5.82 Å². The zero-order valence-electron chi connectivity index (χ0n) is 9.14. The lowest BCUT2D eigenvalue weighted by atomic mass is 10.2. The number of nitrogens with two attached hydrogens (primary N) is 1. The molecule has 18 heavy (non-hydrogen) atoms. The van der Waals surface area contributed by atoms with Crippen molar-refractivity contribution in [1.29, 1.82) is 0 Å². The fourth-order valence-electron chi connectivity index (χ4n) is 1.45. The van der Waals surface area contributed by atoms with Crippen LogP contribution in [0.2, 0.25) is 5.02 Å². The maximum Gasteiger partial charge on any atom is 0.405 e. The van der Waals surface area contributed by atoms with Crippen molar-refractivity contribution < 1.29 is 22.7 Å². The van der Waals surface area contributed by atoms with Gasteiger partial charge in [0.25, 0.3) is 0 Å². The maximum atomic E-state index is 13.0. The van der Waals surface area contributed by atoms with E-state index in [9.17, 15) is 17.6 Å². The lowest BCUT2D eigenvalue weighted by Gasteiger charge is -2.26. The van der Waals surface area contributed by atoms with E-state index in [2.05, 4.69) is 0 Å². The van der Waals surface area contributed by atoms with Crippen molar-refractivity contribution in [2.45, 2.75) is 6.18 Å². The average Bonchev–Trinajstić information content (AvgIpc) is 2.21. The first kappa shape index (κ1) is 14.8. The van der Waals surface area contributed by atoms with E-state index < -0.39 is 25.1 Å². The minimum Gasteiger partial charge on any atom is -0.397 e. The van der Waals surface area contributed by atoms with Crippen molar-refractivity contribution in [3.63, 3.8) is 0 Å².